The number of aromatic nitrogens is 1. The van der Waals surface area contributed by atoms with Crippen LogP contribution in [0.3, 0.4) is 0 Å². The minimum Gasteiger partial charge on any atom is -0.495 e. The summed E-state index contributed by atoms with van der Waals surface area (Å²) in [5.41, 5.74) is 0. The van der Waals surface area contributed by atoms with Gasteiger partial charge in [-0.15, -0.1) is 0 Å². The van der Waals surface area contributed by atoms with Crippen molar-refractivity contribution in [2.45, 2.75) is 17.6 Å². The predicted octanol–water partition coefficient (Wildman–Crippen LogP) is 2.40. The van der Waals surface area contributed by atoms with Crippen molar-refractivity contribution >= 4 is 17.6 Å². The molecular formula is C11H16N2OS. The summed E-state index contributed by atoms with van der Waals surface area (Å²) in [6.45, 7) is 1.01. The van der Waals surface area contributed by atoms with Crippen molar-refractivity contribution in [3.8, 4) is 5.75 Å². The zero-order valence-electron chi connectivity index (χ0n) is 9.12. The van der Waals surface area contributed by atoms with Gasteiger partial charge in [-0.3, -0.25) is 0 Å². The molecule has 0 saturated heterocycles. The van der Waals surface area contributed by atoms with Crippen LogP contribution in [0.25, 0.3) is 0 Å². The smallest absolute Gasteiger partial charge is 0.137 e. The van der Waals surface area contributed by atoms with Crippen LogP contribution in [0.1, 0.15) is 12.8 Å². The van der Waals surface area contributed by atoms with Crippen LogP contribution in [0.5, 0.6) is 5.75 Å². The van der Waals surface area contributed by atoms with E-state index < -0.39 is 0 Å². The van der Waals surface area contributed by atoms with Gasteiger partial charge in [-0.05, 0) is 31.2 Å². The molecule has 1 aliphatic carbocycles. The molecule has 1 aromatic rings. The standard InChI is InChI=1S/C11H16N2OS/c1-14-9-3-4-10(12-7-9)13-8-11(15-2)5-6-11/h3-4,7H,5-6,8H2,1-2H3,(H,12,13). The highest BCUT2D eigenvalue weighted by atomic mass is 32.2. The van der Waals surface area contributed by atoms with Gasteiger partial charge in [-0.1, -0.05) is 0 Å². The molecule has 0 aromatic carbocycles. The first-order chi connectivity index (χ1) is 7.28. The number of nitrogens with zero attached hydrogens (tertiary/aromatic N) is 1. The average Bonchev–Trinajstić information content (AvgIpc) is 3.08. The number of pyridine rings is 1. The monoisotopic (exact) mass is 224 g/mol. The molecule has 3 nitrogen and oxygen atoms in total. The first-order valence-corrected chi connectivity index (χ1v) is 6.29. The van der Waals surface area contributed by atoms with Crippen molar-refractivity contribution in [2.75, 3.05) is 25.2 Å². The van der Waals surface area contributed by atoms with Crippen LogP contribution in [-0.2, 0) is 0 Å². The van der Waals surface area contributed by atoms with Crippen molar-refractivity contribution in [2.24, 2.45) is 0 Å². The molecule has 0 bridgehead atoms. The minimum atomic E-state index is 0.474. The second-order valence-corrected chi connectivity index (χ2v) is 5.10. The molecule has 0 unspecified atom stereocenters. The Morgan fingerprint density at radius 1 is 1.53 bits per heavy atom. The molecule has 1 saturated carbocycles. The van der Waals surface area contributed by atoms with Gasteiger partial charge in [0.15, 0.2) is 0 Å². The summed E-state index contributed by atoms with van der Waals surface area (Å²) in [6.07, 6.45) is 6.55. The minimum absolute atomic E-state index is 0.474. The highest BCUT2D eigenvalue weighted by molar-refractivity contribution is 8.00. The number of rotatable bonds is 5. The van der Waals surface area contributed by atoms with Crippen molar-refractivity contribution < 1.29 is 4.74 Å². The second-order valence-electron chi connectivity index (χ2n) is 3.82. The SMILES string of the molecule is COc1ccc(NCC2(SC)CC2)nc1. The lowest BCUT2D eigenvalue weighted by Crippen LogP contribution is -2.17. The van der Waals surface area contributed by atoms with E-state index >= 15 is 0 Å². The van der Waals surface area contributed by atoms with Gasteiger partial charge in [0.1, 0.15) is 11.6 Å². The number of methoxy groups -OCH3 is 1. The number of thioether (sulfide) groups is 1. The lowest BCUT2D eigenvalue weighted by molar-refractivity contribution is 0.413. The fraction of sp³-hybridized carbons (Fsp3) is 0.545. The molecule has 1 heterocycles. The Balaban J connectivity index is 1.88. The second kappa shape index (κ2) is 4.31. The zero-order chi connectivity index (χ0) is 10.7. The van der Waals surface area contributed by atoms with Crippen molar-refractivity contribution in [3.05, 3.63) is 18.3 Å². The van der Waals surface area contributed by atoms with Gasteiger partial charge in [0.2, 0.25) is 0 Å². The molecule has 82 valence electrons. The summed E-state index contributed by atoms with van der Waals surface area (Å²) in [7, 11) is 1.65. The summed E-state index contributed by atoms with van der Waals surface area (Å²) >= 11 is 1.95. The van der Waals surface area contributed by atoms with Crippen molar-refractivity contribution in [3.63, 3.8) is 0 Å². The van der Waals surface area contributed by atoms with Gasteiger partial charge in [0.05, 0.1) is 13.3 Å². The van der Waals surface area contributed by atoms with E-state index in [9.17, 15) is 0 Å². The third-order valence-corrected chi connectivity index (χ3v) is 4.22. The summed E-state index contributed by atoms with van der Waals surface area (Å²) in [6, 6.07) is 3.88. The van der Waals surface area contributed by atoms with Crippen LogP contribution in [0, 0.1) is 0 Å². The van der Waals surface area contributed by atoms with E-state index in [-0.39, 0.29) is 0 Å². The molecule has 1 N–H and O–H groups in total. The van der Waals surface area contributed by atoms with E-state index in [4.69, 9.17) is 4.74 Å². The van der Waals surface area contributed by atoms with E-state index in [0.29, 0.717) is 4.75 Å². The average molecular weight is 224 g/mol. The Kier molecular flexibility index (Phi) is 3.05. The Bertz CT molecular complexity index is 322. The van der Waals surface area contributed by atoms with E-state index in [0.717, 1.165) is 18.1 Å². The van der Waals surface area contributed by atoms with Crippen molar-refractivity contribution in [1.82, 2.24) is 4.98 Å². The highest BCUT2D eigenvalue weighted by Crippen LogP contribution is 2.46. The van der Waals surface area contributed by atoms with Crippen LogP contribution < -0.4 is 10.1 Å². The van der Waals surface area contributed by atoms with Crippen LogP contribution in [0.15, 0.2) is 18.3 Å². The molecular weight excluding hydrogens is 208 g/mol. The molecule has 0 spiro atoms. The maximum atomic E-state index is 5.05. The first kappa shape index (κ1) is 10.6. The maximum Gasteiger partial charge on any atom is 0.137 e. The molecule has 4 heteroatoms. The Morgan fingerprint density at radius 3 is 2.80 bits per heavy atom. The van der Waals surface area contributed by atoms with Gasteiger partial charge in [0, 0.05) is 11.3 Å². The summed E-state index contributed by atoms with van der Waals surface area (Å²) in [4.78, 5) is 4.27. The Hall–Kier alpha value is -0.900. The number of hydrogen-bond acceptors (Lipinski definition) is 4. The van der Waals surface area contributed by atoms with Gasteiger partial charge in [-0.2, -0.15) is 11.8 Å². The normalized spacial score (nSPS) is 17.2. The number of nitrogens with one attached hydrogen (secondary N) is 1. The summed E-state index contributed by atoms with van der Waals surface area (Å²) in [5.74, 6) is 1.72. The lowest BCUT2D eigenvalue weighted by atomic mass is 10.4. The Morgan fingerprint density at radius 2 is 2.33 bits per heavy atom. The van der Waals surface area contributed by atoms with E-state index in [2.05, 4.69) is 16.6 Å². The molecule has 1 aromatic heterocycles. The van der Waals surface area contributed by atoms with Gasteiger partial charge >= 0.3 is 0 Å². The predicted molar refractivity (Wildman–Crippen MR) is 64.8 cm³/mol. The molecule has 0 radical (unpaired) electrons. The highest BCUT2D eigenvalue weighted by Gasteiger charge is 2.41. The maximum absolute atomic E-state index is 5.05. The van der Waals surface area contributed by atoms with Crippen molar-refractivity contribution in [1.29, 1.82) is 0 Å². The fourth-order valence-electron chi connectivity index (χ4n) is 1.45. The lowest BCUT2D eigenvalue weighted by Gasteiger charge is -2.13. The van der Waals surface area contributed by atoms with Crippen LogP contribution in [-0.4, -0.2) is 29.6 Å². The van der Waals surface area contributed by atoms with Crippen LogP contribution in [0.2, 0.25) is 0 Å². The number of anilines is 1. The molecule has 15 heavy (non-hydrogen) atoms. The molecule has 2 rings (SSSR count). The summed E-state index contributed by atoms with van der Waals surface area (Å²) < 4.78 is 5.53. The third-order valence-electron chi connectivity index (χ3n) is 2.80. The molecule has 0 aliphatic heterocycles. The molecule has 1 fully saturated rings. The third kappa shape index (κ3) is 2.56. The fourth-order valence-corrected chi connectivity index (χ4v) is 2.18. The summed E-state index contributed by atoms with van der Waals surface area (Å²) in [5, 5.41) is 3.36. The zero-order valence-corrected chi connectivity index (χ0v) is 9.93. The van der Waals surface area contributed by atoms with E-state index in [1.165, 1.54) is 12.8 Å². The van der Waals surface area contributed by atoms with Gasteiger partial charge < -0.3 is 10.1 Å². The molecule has 1 aliphatic rings. The Labute approximate surface area is 94.6 Å². The number of hydrogen-bond donors (Lipinski definition) is 1. The first-order valence-electron chi connectivity index (χ1n) is 5.07. The van der Waals surface area contributed by atoms with Gasteiger partial charge in [-0.25, -0.2) is 4.98 Å². The van der Waals surface area contributed by atoms with Gasteiger partial charge in [0.25, 0.3) is 0 Å². The quantitative estimate of drug-likeness (QED) is 0.832. The molecule has 0 amide bonds. The topological polar surface area (TPSA) is 34.1 Å². The number of ether oxygens (including phenoxy) is 1. The molecule has 0 atom stereocenters. The van der Waals surface area contributed by atoms with Crippen LogP contribution >= 0.6 is 11.8 Å². The van der Waals surface area contributed by atoms with E-state index in [1.807, 2.05) is 23.9 Å². The van der Waals surface area contributed by atoms with E-state index in [1.54, 1.807) is 13.3 Å². The van der Waals surface area contributed by atoms with Crippen LogP contribution in [0.4, 0.5) is 5.82 Å². The largest absolute Gasteiger partial charge is 0.495 e.